The smallest absolute Gasteiger partial charge is 0.0281 e. The Morgan fingerprint density at radius 2 is 2.00 bits per heavy atom. The first-order valence-corrected chi connectivity index (χ1v) is 3.71. The van der Waals surface area contributed by atoms with Gasteiger partial charge in [0.2, 0.25) is 0 Å². The van der Waals surface area contributed by atoms with Crippen LogP contribution in [0.1, 0.15) is 32.6 Å². The molecular weight excluding hydrogens is 110 g/mol. The maximum Gasteiger partial charge on any atom is 0.0281 e. The first-order chi connectivity index (χ1) is 4.41. The lowest BCUT2D eigenvalue weighted by atomic mass is 10.2. The molecule has 0 fully saturated rings. The zero-order valence-corrected chi connectivity index (χ0v) is 6.19. The highest BCUT2D eigenvalue weighted by Gasteiger charge is 1.79. The highest BCUT2D eigenvalue weighted by Crippen LogP contribution is 1.98. The van der Waals surface area contributed by atoms with Gasteiger partial charge in [0.15, 0.2) is 0 Å². The van der Waals surface area contributed by atoms with Gasteiger partial charge in [0.05, 0.1) is 0 Å². The fourth-order valence-electron chi connectivity index (χ4n) is 0.713. The summed E-state index contributed by atoms with van der Waals surface area (Å²) in [5, 5.41) is 0. The van der Waals surface area contributed by atoms with Crippen molar-refractivity contribution in [3.05, 3.63) is 12.2 Å². The molecule has 0 amide bonds. The molecule has 53 valence electrons. The van der Waals surface area contributed by atoms with E-state index in [4.69, 9.17) is 5.73 Å². The average Bonchev–Trinajstić information content (AvgIpc) is 1.89. The van der Waals surface area contributed by atoms with Gasteiger partial charge in [-0.2, -0.15) is 0 Å². The number of rotatable bonds is 5. The Morgan fingerprint density at radius 3 is 2.56 bits per heavy atom. The van der Waals surface area contributed by atoms with Gasteiger partial charge in [-0.15, -0.1) is 0 Å². The van der Waals surface area contributed by atoms with E-state index in [-0.39, 0.29) is 0 Å². The van der Waals surface area contributed by atoms with Crippen molar-refractivity contribution in [1.29, 1.82) is 0 Å². The Balaban J connectivity index is 2.82. The summed E-state index contributed by atoms with van der Waals surface area (Å²) in [6.45, 7) is 2.64. The maximum absolute atomic E-state index is 6.80. The van der Waals surface area contributed by atoms with E-state index in [0.717, 1.165) is 6.42 Å². The van der Waals surface area contributed by atoms with Gasteiger partial charge >= 0.3 is 0 Å². The molecule has 0 saturated heterocycles. The third-order valence-corrected chi connectivity index (χ3v) is 1.26. The highest BCUT2D eigenvalue weighted by molar-refractivity contribution is 4.81. The molecule has 0 heterocycles. The summed E-state index contributed by atoms with van der Waals surface area (Å²) < 4.78 is 0. The summed E-state index contributed by atoms with van der Waals surface area (Å²) in [6, 6.07) is 0. The van der Waals surface area contributed by atoms with Gasteiger partial charge in [0.25, 0.3) is 0 Å². The summed E-state index contributed by atoms with van der Waals surface area (Å²) in [4.78, 5) is 0. The highest BCUT2D eigenvalue weighted by atomic mass is 14.5. The van der Waals surface area contributed by atoms with Gasteiger partial charge in [0, 0.05) is 6.54 Å². The number of nitrogens with one attached hydrogen (secondary N) is 1. The first kappa shape index (κ1) is 8.70. The van der Waals surface area contributed by atoms with Crippen molar-refractivity contribution < 1.29 is 0 Å². The second-order valence-electron chi connectivity index (χ2n) is 2.17. The number of hydrogen-bond acceptors (Lipinski definition) is 0. The SMILES string of the molecule is CCCCCC=CC[NH]. The fourth-order valence-corrected chi connectivity index (χ4v) is 0.713. The third-order valence-electron chi connectivity index (χ3n) is 1.26. The molecule has 0 aromatic heterocycles. The minimum absolute atomic E-state index is 0.437. The zero-order valence-electron chi connectivity index (χ0n) is 6.19. The van der Waals surface area contributed by atoms with E-state index < -0.39 is 0 Å². The lowest BCUT2D eigenvalue weighted by Crippen LogP contribution is -1.75. The lowest BCUT2D eigenvalue weighted by molar-refractivity contribution is 0.728. The largest absolute Gasteiger partial charge is 0.254 e. The van der Waals surface area contributed by atoms with Crippen LogP contribution in [-0.4, -0.2) is 6.54 Å². The molecule has 0 aromatic carbocycles. The van der Waals surface area contributed by atoms with E-state index in [1.54, 1.807) is 0 Å². The predicted octanol–water partition coefficient (Wildman–Crippen LogP) is 2.41. The van der Waals surface area contributed by atoms with Crippen LogP contribution in [0.15, 0.2) is 12.2 Å². The molecule has 0 saturated carbocycles. The molecule has 9 heavy (non-hydrogen) atoms. The van der Waals surface area contributed by atoms with Crippen molar-refractivity contribution in [2.75, 3.05) is 6.54 Å². The van der Waals surface area contributed by atoms with Crippen LogP contribution in [0.3, 0.4) is 0 Å². The summed E-state index contributed by atoms with van der Waals surface area (Å²) in [5.74, 6) is 0. The fraction of sp³-hybridized carbons (Fsp3) is 0.750. The van der Waals surface area contributed by atoms with Crippen molar-refractivity contribution in [1.82, 2.24) is 5.73 Å². The van der Waals surface area contributed by atoms with E-state index in [1.807, 2.05) is 6.08 Å². The molecule has 0 aromatic rings. The summed E-state index contributed by atoms with van der Waals surface area (Å²) in [6.07, 6.45) is 9.06. The molecule has 0 atom stereocenters. The second kappa shape index (κ2) is 7.70. The van der Waals surface area contributed by atoms with Crippen LogP contribution < -0.4 is 5.73 Å². The van der Waals surface area contributed by atoms with Crippen LogP contribution in [0.5, 0.6) is 0 Å². The van der Waals surface area contributed by atoms with Crippen LogP contribution in [0, 0.1) is 0 Å². The number of unbranched alkanes of at least 4 members (excludes halogenated alkanes) is 3. The van der Waals surface area contributed by atoms with Crippen molar-refractivity contribution in [3.63, 3.8) is 0 Å². The topological polar surface area (TPSA) is 23.8 Å². The Labute approximate surface area is 57.9 Å². The molecule has 0 unspecified atom stereocenters. The molecule has 0 aliphatic carbocycles. The van der Waals surface area contributed by atoms with Gasteiger partial charge in [-0.25, -0.2) is 0 Å². The van der Waals surface area contributed by atoms with Crippen LogP contribution in [0.2, 0.25) is 0 Å². The number of allylic oxidation sites excluding steroid dienone is 1. The predicted molar refractivity (Wildman–Crippen MR) is 41.2 cm³/mol. The molecule has 1 nitrogen and oxygen atoms in total. The molecule has 1 radical (unpaired) electrons. The standard InChI is InChI=1S/C8H16N/c1-2-3-4-5-6-7-8-9/h6-7,9H,2-5,8H2,1H3. The monoisotopic (exact) mass is 126 g/mol. The average molecular weight is 126 g/mol. The van der Waals surface area contributed by atoms with Crippen molar-refractivity contribution in [2.45, 2.75) is 32.6 Å². The van der Waals surface area contributed by atoms with Crippen molar-refractivity contribution in [2.24, 2.45) is 0 Å². The van der Waals surface area contributed by atoms with E-state index in [0.29, 0.717) is 6.54 Å². The minimum atomic E-state index is 0.437. The Kier molecular flexibility index (Phi) is 7.44. The van der Waals surface area contributed by atoms with Gasteiger partial charge in [0.1, 0.15) is 0 Å². The van der Waals surface area contributed by atoms with E-state index in [2.05, 4.69) is 13.0 Å². The Bertz CT molecular complexity index is 67.0. The third kappa shape index (κ3) is 7.70. The Hall–Kier alpha value is -0.300. The first-order valence-electron chi connectivity index (χ1n) is 3.71. The van der Waals surface area contributed by atoms with Crippen LogP contribution in [0.4, 0.5) is 0 Å². The summed E-state index contributed by atoms with van der Waals surface area (Å²) in [5.41, 5.74) is 6.80. The van der Waals surface area contributed by atoms with E-state index >= 15 is 0 Å². The van der Waals surface area contributed by atoms with Gasteiger partial charge in [-0.3, -0.25) is 5.73 Å². The van der Waals surface area contributed by atoms with Crippen LogP contribution in [-0.2, 0) is 0 Å². The quantitative estimate of drug-likeness (QED) is 0.399. The molecule has 0 spiro atoms. The Morgan fingerprint density at radius 1 is 1.22 bits per heavy atom. The lowest BCUT2D eigenvalue weighted by Gasteiger charge is -1.89. The minimum Gasteiger partial charge on any atom is -0.254 e. The van der Waals surface area contributed by atoms with Crippen molar-refractivity contribution >= 4 is 0 Å². The molecule has 0 aliphatic rings. The molecule has 1 N–H and O–H groups in total. The summed E-state index contributed by atoms with van der Waals surface area (Å²) >= 11 is 0. The van der Waals surface area contributed by atoms with E-state index in [9.17, 15) is 0 Å². The normalized spacial score (nSPS) is 10.9. The zero-order chi connectivity index (χ0) is 6.95. The summed E-state index contributed by atoms with van der Waals surface area (Å²) in [7, 11) is 0. The molecule has 0 rings (SSSR count). The van der Waals surface area contributed by atoms with E-state index in [1.165, 1.54) is 19.3 Å². The van der Waals surface area contributed by atoms with Crippen LogP contribution in [0.25, 0.3) is 0 Å². The molecular formula is C8H16N. The molecule has 0 aliphatic heterocycles. The molecule has 0 bridgehead atoms. The molecule has 1 heteroatoms. The second-order valence-corrected chi connectivity index (χ2v) is 2.17. The maximum atomic E-state index is 6.80. The van der Waals surface area contributed by atoms with Gasteiger partial charge < -0.3 is 0 Å². The van der Waals surface area contributed by atoms with Crippen LogP contribution >= 0.6 is 0 Å². The van der Waals surface area contributed by atoms with Gasteiger partial charge in [-0.05, 0) is 12.8 Å². The van der Waals surface area contributed by atoms with Crippen molar-refractivity contribution in [3.8, 4) is 0 Å². The van der Waals surface area contributed by atoms with Gasteiger partial charge in [-0.1, -0.05) is 31.9 Å². The number of hydrogen-bond donors (Lipinski definition) is 0.